The largest absolute Gasteiger partial charge is 2.00 e. The number of hydrogen-bond donors (Lipinski definition) is 1. The minimum atomic E-state index is -0.886. The molecule has 0 saturated carbocycles. The Labute approximate surface area is 171 Å². The van der Waals surface area contributed by atoms with Gasteiger partial charge in [0, 0.05) is 22.3 Å². The summed E-state index contributed by atoms with van der Waals surface area (Å²) in [5.74, 6) is -0.886. The molecule has 0 spiro atoms. The van der Waals surface area contributed by atoms with Crippen molar-refractivity contribution in [1.82, 2.24) is 9.78 Å². The maximum atomic E-state index is 11.1. The molecule has 23 heavy (non-hydrogen) atoms. The van der Waals surface area contributed by atoms with E-state index in [-0.39, 0.29) is 47.0 Å². The molecule has 0 radical (unpaired) electrons. The van der Waals surface area contributed by atoms with E-state index in [1.165, 1.54) is 0 Å². The molecule has 0 unspecified atom stereocenters. The van der Waals surface area contributed by atoms with Crippen LogP contribution in [0.2, 0.25) is 5.02 Å². The van der Waals surface area contributed by atoms with E-state index in [9.17, 15) is 4.79 Å². The van der Waals surface area contributed by atoms with Crippen molar-refractivity contribution in [2.45, 2.75) is 6.42 Å². The SMILES string of the molecule is O=C(O)Cc1cn(-c2ccccc2)nc1-c1ccc(Cl)cc1.[Ca+2].[H-].[H-]. The van der Waals surface area contributed by atoms with Crippen LogP contribution in [0, 0.1) is 0 Å². The number of hydrogen-bond acceptors (Lipinski definition) is 2. The molecule has 2 aromatic carbocycles. The molecule has 114 valence electrons. The number of carboxylic acid groups (broad SMARTS) is 1. The van der Waals surface area contributed by atoms with Crippen molar-refractivity contribution < 1.29 is 12.8 Å². The number of aliphatic carboxylic acids is 1. The third-order valence-corrected chi connectivity index (χ3v) is 3.52. The molecular formula is C17H15CaClN2O2. The normalized spacial score (nSPS) is 10.1. The molecule has 6 heteroatoms. The molecule has 0 bridgehead atoms. The van der Waals surface area contributed by atoms with Crippen LogP contribution in [0.1, 0.15) is 8.42 Å². The van der Waals surface area contributed by atoms with E-state index >= 15 is 0 Å². The van der Waals surface area contributed by atoms with Crippen LogP contribution in [0.4, 0.5) is 0 Å². The Hall–Kier alpha value is -1.33. The van der Waals surface area contributed by atoms with E-state index in [2.05, 4.69) is 5.10 Å². The number of carboxylic acids is 1. The summed E-state index contributed by atoms with van der Waals surface area (Å²) in [7, 11) is 0. The van der Waals surface area contributed by atoms with Crippen molar-refractivity contribution in [2.24, 2.45) is 0 Å². The van der Waals surface area contributed by atoms with Gasteiger partial charge in [-0.3, -0.25) is 4.79 Å². The molecule has 0 aliphatic heterocycles. The minimum absolute atomic E-state index is 0. The molecule has 1 N–H and O–H groups in total. The zero-order chi connectivity index (χ0) is 15.5. The molecule has 3 rings (SSSR count). The second-order valence-corrected chi connectivity index (χ2v) is 5.30. The molecule has 1 heterocycles. The molecule has 1 aromatic heterocycles. The molecule has 0 aliphatic carbocycles. The van der Waals surface area contributed by atoms with Crippen LogP contribution in [0.25, 0.3) is 16.9 Å². The van der Waals surface area contributed by atoms with Crippen molar-refractivity contribution in [2.75, 3.05) is 0 Å². The van der Waals surface area contributed by atoms with Crippen LogP contribution < -0.4 is 0 Å². The number of nitrogens with zero attached hydrogens (tertiary/aromatic N) is 2. The molecule has 0 atom stereocenters. The fraction of sp³-hybridized carbons (Fsp3) is 0.0588. The van der Waals surface area contributed by atoms with Gasteiger partial charge in [-0.05, 0) is 24.3 Å². The molecule has 4 nitrogen and oxygen atoms in total. The number of benzene rings is 2. The summed E-state index contributed by atoms with van der Waals surface area (Å²) in [4.78, 5) is 11.1. The van der Waals surface area contributed by atoms with Gasteiger partial charge in [-0.1, -0.05) is 41.9 Å². The van der Waals surface area contributed by atoms with Gasteiger partial charge in [-0.15, -0.1) is 0 Å². The first-order chi connectivity index (χ1) is 10.6. The van der Waals surface area contributed by atoms with Gasteiger partial charge < -0.3 is 7.96 Å². The van der Waals surface area contributed by atoms with Crippen molar-refractivity contribution in [3.63, 3.8) is 0 Å². The molecule has 0 aliphatic rings. The van der Waals surface area contributed by atoms with Gasteiger partial charge in [-0.25, -0.2) is 4.68 Å². The van der Waals surface area contributed by atoms with Gasteiger partial charge in [-0.2, -0.15) is 5.10 Å². The van der Waals surface area contributed by atoms with E-state index in [0.717, 1.165) is 11.3 Å². The van der Waals surface area contributed by atoms with E-state index in [4.69, 9.17) is 16.7 Å². The Morgan fingerprint density at radius 3 is 2.39 bits per heavy atom. The summed E-state index contributed by atoms with van der Waals surface area (Å²) in [6, 6.07) is 16.8. The summed E-state index contributed by atoms with van der Waals surface area (Å²) in [5, 5.41) is 14.3. The second kappa shape index (κ2) is 7.97. The zero-order valence-electron chi connectivity index (χ0n) is 14.3. The van der Waals surface area contributed by atoms with E-state index in [1.807, 2.05) is 42.5 Å². The van der Waals surface area contributed by atoms with Crippen LogP contribution in [0.5, 0.6) is 0 Å². The molecular weight excluding hydrogens is 340 g/mol. The predicted molar refractivity (Wildman–Crippen MR) is 93.3 cm³/mol. The summed E-state index contributed by atoms with van der Waals surface area (Å²) < 4.78 is 1.70. The van der Waals surface area contributed by atoms with Gasteiger partial charge in [0.2, 0.25) is 0 Å². The molecule has 0 amide bonds. The van der Waals surface area contributed by atoms with Crippen molar-refractivity contribution in [3.8, 4) is 16.9 Å². The standard InChI is InChI=1S/C17H13ClN2O2.Ca.2H/c18-14-8-6-12(7-9-14)17-13(10-16(21)22)11-20(19-17)15-4-2-1-3-5-15;;;/h1-9,11H,10H2,(H,21,22);;;/q;+2;2*-1. The second-order valence-electron chi connectivity index (χ2n) is 4.86. The van der Waals surface area contributed by atoms with Gasteiger partial charge in [0.15, 0.2) is 0 Å². The number of para-hydroxylation sites is 1. The van der Waals surface area contributed by atoms with E-state index < -0.39 is 5.97 Å². The van der Waals surface area contributed by atoms with E-state index in [1.54, 1.807) is 23.0 Å². The maximum absolute atomic E-state index is 11.1. The fourth-order valence-electron chi connectivity index (χ4n) is 2.27. The van der Waals surface area contributed by atoms with Gasteiger partial charge in [0.25, 0.3) is 0 Å². The van der Waals surface area contributed by atoms with Crippen LogP contribution in [-0.2, 0) is 11.2 Å². The van der Waals surface area contributed by atoms with Crippen LogP contribution in [-0.4, -0.2) is 58.6 Å². The summed E-state index contributed by atoms with van der Waals surface area (Å²) in [6.45, 7) is 0. The number of carbonyl (C=O) groups is 1. The van der Waals surface area contributed by atoms with Crippen LogP contribution in [0.15, 0.2) is 60.8 Å². The summed E-state index contributed by atoms with van der Waals surface area (Å²) in [5.41, 5.74) is 3.05. The first kappa shape index (κ1) is 18.0. The average Bonchev–Trinajstić information content (AvgIpc) is 2.92. The Kier molecular flexibility index (Phi) is 6.25. The summed E-state index contributed by atoms with van der Waals surface area (Å²) in [6.07, 6.45) is 1.68. The third-order valence-electron chi connectivity index (χ3n) is 3.27. The Bertz CT molecular complexity index is 811. The number of rotatable bonds is 4. The number of halogens is 1. The number of aromatic nitrogens is 2. The first-order valence-corrected chi connectivity index (χ1v) is 7.13. The maximum Gasteiger partial charge on any atom is 2.00 e. The molecule has 0 saturated heterocycles. The van der Waals surface area contributed by atoms with Gasteiger partial charge in [0.05, 0.1) is 17.8 Å². The minimum Gasteiger partial charge on any atom is -1.00 e. The first-order valence-electron chi connectivity index (χ1n) is 6.75. The Morgan fingerprint density at radius 1 is 1.13 bits per heavy atom. The zero-order valence-corrected chi connectivity index (χ0v) is 15.3. The van der Waals surface area contributed by atoms with Crippen molar-refractivity contribution in [3.05, 3.63) is 71.4 Å². The quantitative estimate of drug-likeness (QED) is 0.727. The molecule has 0 fully saturated rings. The summed E-state index contributed by atoms with van der Waals surface area (Å²) >= 11 is 5.90. The van der Waals surface area contributed by atoms with E-state index in [0.29, 0.717) is 16.3 Å². The fourth-order valence-corrected chi connectivity index (χ4v) is 2.39. The van der Waals surface area contributed by atoms with Crippen LogP contribution in [0.3, 0.4) is 0 Å². The van der Waals surface area contributed by atoms with Gasteiger partial charge in [0.1, 0.15) is 0 Å². The van der Waals surface area contributed by atoms with Crippen LogP contribution >= 0.6 is 11.6 Å². The van der Waals surface area contributed by atoms with Gasteiger partial charge >= 0.3 is 43.7 Å². The monoisotopic (exact) mass is 354 g/mol. The predicted octanol–water partition coefficient (Wildman–Crippen LogP) is 3.66. The topological polar surface area (TPSA) is 55.1 Å². The smallest absolute Gasteiger partial charge is 1.00 e. The third kappa shape index (κ3) is 4.36. The van der Waals surface area contributed by atoms with Crippen molar-refractivity contribution >= 4 is 55.3 Å². The van der Waals surface area contributed by atoms with Crippen molar-refractivity contribution in [1.29, 1.82) is 0 Å². The Morgan fingerprint density at radius 2 is 1.78 bits per heavy atom. The molecule has 3 aromatic rings. The Balaban J connectivity index is 0.00000192. The average molecular weight is 355 g/mol.